The van der Waals surface area contributed by atoms with Gasteiger partial charge in [-0.1, -0.05) is 27.2 Å². The van der Waals surface area contributed by atoms with Crippen LogP contribution in [0.1, 0.15) is 40.0 Å². The van der Waals surface area contributed by atoms with Gasteiger partial charge in [0.05, 0.1) is 6.04 Å². The largest absolute Gasteiger partial charge is 0.352 e. The Morgan fingerprint density at radius 2 is 2.21 bits per heavy atom. The van der Waals surface area contributed by atoms with Crippen LogP contribution < -0.4 is 11.1 Å². The van der Waals surface area contributed by atoms with Crippen molar-refractivity contribution in [3.05, 3.63) is 0 Å². The lowest BCUT2D eigenvalue weighted by Crippen LogP contribution is -2.42. The molecule has 0 bridgehead atoms. The van der Waals surface area contributed by atoms with Crippen molar-refractivity contribution in [2.24, 2.45) is 17.6 Å². The molecule has 1 rings (SSSR count). The zero-order valence-electron chi connectivity index (χ0n) is 9.42. The average molecular weight is 198 g/mol. The molecule has 3 nitrogen and oxygen atoms in total. The van der Waals surface area contributed by atoms with Gasteiger partial charge in [-0.25, -0.2) is 0 Å². The van der Waals surface area contributed by atoms with Gasteiger partial charge in [-0.05, 0) is 24.7 Å². The SMILES string of the molecule is CCC1CC1NC(=O)C(N)CC(C)C. The molecule has 0 aromatic rings. The van der Waals surface area contributed by atoms with E-state index in [0.29, 0.717) is 17.9 Å². The van der Waals surface area contributed by atoms with Crippen LogP contribution in [0.3, 0.4) is 0 Å². The van der Waals surface area contributed by atoms with Crippen molar-refractivity contribution in [1.82, 2.24) is 5.32 Å². The van der Waals surface area contributed by atoms with Crippen molar-refractivity contribution in [3.8, 4) is 0 Å². The first-order chi connectivity index (χ1) is 6.54. The summed E-state index contributed by atoms with van der Waals surface area (Å²) in [5.74, 6) is 1.21. The first-order valence-corrected chi connectivity index (χ1v) is 5.60. The molecule has 0 aliphatic heterocycles. The molecule has 1 amide bonds. The topological polar surface area (TPSA) is 55.1 Å². The van der Waals surface area contributed by atoms with E-state index in [9.17, 15) is 4.79 Å². The maximum absolute atomic E-state index is 11.6. The van der Waals surface area contributed by atoms with Crippen molar-refractivity contribution in [2.75, 3.05) is 0 Å². The zero-order valence-corrected chi connectivity index (χ0v) is 9.42. The van der Waals surface area contributed by atoms with Gasteiger partial charge in [-0.2, -0.15) is 0 Å². The summed E-state index contributed by atoms with van der Waals surface area (Å²) in [7, 11) is 0. The van der Waals surface area contributed by atoms with E-state index in [1.165, 1.54) is 0 Å². The second kappa shape index (κ2) is 4.78. The van der Waals surface area contributed by atoms with Gasteiger partial charge in [0.25, 0.3) is 0 Å². The monoisotopic (exact) mass is 198 g/mol. The summed E-state index contributed by atoms with van der Waals surface area (Å²) in [4.78, 5) is 11.6. The first kappa shape index (κ1) is 11.5. The van der Waals surface area contributed by atoms with Crippen molar-refractivity contribution >= 4 is 5.91 Å². The van der Waals surface area contributed by atoms with E-state index in [2.05, 4.69) is 26.1 Å². The number of carbonyl (C=O) groups excluding carboxylic acids is 1. The molecule has 0 aromatic carbocycles. The molecule has 0 saturated heterocycles. The Hall–Kier alpha value is -0.570. The van der Waals surface area contributed by atoms with Gasteiger partial charge in [0.1, 0.15) is 0 Å². The van der Waals surface area contributed by atoms with Crippen LogP contribution in [-0.2, 0) is 4.79 Å². The zero-order chi connectivity index (χ0) is 10.7. The van der Waals surface area contributed by atoms with E-state index in [-0.39, 0.29) is 11.9 Å². The molecule has 0 spiro atoms. The second-order valence-corrected chi connectivity index (χ2v) is 4.76. The Balaban J connectivity index is 2.21. The molecule has 3 atom stereocenters. The average Bonchev–Trinajstić information content (AvgIpc) is 2.82. The third-order valence-electron chi connectivity index (χ3n) is 2.84. The number of nitrogens with one attached hydrogen (secondary N) is 1. The Morgan fingerprint density at radius 1 is 1.57 bits per heavy atom. The minimum atomic E-state index is -0.326. The number of rotatable bonds is 5. The van der Waals surface area contributed by atoms with Crippen LogP contribution in [-0.4, -0.2) is 18.0 Å². The highest BCUT2D eigenvalue weighted by Crippen LogP contribution is 2.33. The van der Waals surface area contributed by atoms with Gasteiger partial charge >= 0.3 is 0 Å². The summed E-state index contributed by atoms with van der Waals surface area (Å²) in [5.41, 5.74) is 5.77. The van der Waals surface area contributed by atoms with Crippen LogP contribution >= 0.6 is 0 Å². The normalized spacial score (nSPS) is 27.5. The number of amides is 1. The standard InChI is InChI=1S/C11H22N2O/c1-4-8-6-10(8)13-11(14)9(12)5-7(2)3/h7-10H,4-6,12H2,1-3H3,(H,13,14). The van der Waals surface area contributed by atoms with Crippen LogP contribution in [0.5, 0.6) is 0 Å². The van der Waals surface area contributed by atoms with E-state index in [4.69, 9.17) is 5.73 Å². The highest BCUT2D eigenvalue weighted by molar-refractivity contribution is 5.82. The minimum Gasteiger partial charge on any atom is -0.352 e. The van der Waals surface area contributed by atoms with Gasteiger partial charge in [0, 0.05) is 6.04 Å². The van der Waals surface area contributed by atoms with Crippen molar-refractivity contribution in [1.29, 1.82) is 0 Å². The number of hydrogen-bond acceptors (Lipinski definition) is 2. The smallest absolute Gasteiger partial charge is 0.237 e. The second-order valence-electron chi connectivity index (χ2n) is 4.76. The highest BCUT2D eigenvalue weighted by Gasteiger charge is 2.37. The number of nitrogens with two attached hydrogens (primary N) is 1. The van der Waals surface area contributed by atoms with Crippen LogP contribution in [0.2, 0.25) is 0 Å². The fourth-order valence-electron chi connectivity index (χ4n) is 1.78. The molecule has 1 aliphatic rings. The molecule has 0 heterocycles. The molecule has 82 valence electrons. The Morgan fingerprint density at radius 3 is 2.64 bits per heavy atom. The van der Waals surface area contributed by atoms with Crippen LogP contribution in [0, 0.1) is 11.8 Å². The summed E-state index contributed by atoms with van der Waals surface area (Å²) >= 11 is 0. The third-order valence-corrected chi connectivity index (χ3v) is 2.84. The lowest BCUT2D eigenvalue weighted by molar-refractivity contribution is -0.122. The van der Waals surface area contributed by atoms with Crippen LogP contribution in [0.25, 0.3) is 0 Å². The molecule has 3 unspecified atom stereocenters. The van der Waals surface area contributed by atoms with Crippen molar-refractivity contribution in [2.45, 2.75) is 52.1 Å². The quantitative estimate of drug-likeness (QED) is 0.699. The van der Waals surface area contributed by atoms with Gasteiger partial charge in [0.15, 0.2) is 0 Å². The third kappa shape index (κ3) is 3.29. The van der Waals surface area contributed by atoms with Crippen molar-refractivity contribution < 1.29 is 4.79 Å². The van der Waals surface area contributed by atoms with Crippen LogP contribution in [0.4, 0.5) is 0 Å². The summed E-state index contributed by atoms with van der Waals surface area (Å²) < 4.78 is 0. The molecule has 1 saturated carbocycles. The van der Waals surface area contributed by atoms with E-state index in [1.807, 2.05) is 0 Å². The first-order valence-electron chi connectivity index (χ1n) is 5.60. The fourth-order valence-corrected chi connectivity index (χ4v) is 1.78. The van der Waals surface area contributed by atoms with E-state index < -0.39 is 0 Å². The summed E-state index contributed by atoms with van der Waals surface area (Å²) in [6.07, 6.45) is 3.07. The fraction of sp³-hybridized carbons (Fsp3) is 0.909. The molecule has 0 aromatic heterocycles. The van der Waals surface area contributed by atoms with E-state index in [0.717, 1.165) is 19.3 Å². The molecule has 0 radical (unpaired) electrons. The van der Waals surface area contributed by atoms with Gasteiger partial charge in [-0.3, -0.25) is 4.79 Å². The van der Waals surface area contributed by atoms with Gasteiger partial charge < -0.3 is 11.1 Å². The van der Waals surface area contributed by atoms with Gasteiger partial charge in [-0.15, -0.1) is 0 Å². The highest BCUT2D eigenvalue weighted by atomic mass is 16.2. The molecule has 14 heavy (non-hydrogen) atoms. The molecule has 3 N–H and O–H groups in total. The summed E-state index contributed by atoms with van der Waals surface area (Å²) in [5, 5.41) is 3.00. The maximum Gasteiger partial charge on any atom is 0.237 e. The molecule has 1 aliphatic carbocycles. The predicted octanol–water partition coefficient (Wildman–Crippen LogP) is 1.27. The Kier molecular flexibility index (Phi) is 3.93. The van der Waals surface area contributed by atoms with E-state index >= 15 is 0 Å². The molecular formula is C11H22N2O. The Bertz CT molecular complexity index is 203. The minimum absolute atomic E-state index is 0.0275. The summed E-state index contributed by atoms with van der Waals surface area (Å²) in [6.45, 7) is 6.32. The van der Waals surface area contributed by atoms with Gasteiger partial charge in [0.2, 0.25) is 5.91 Å². The Labute approximate surface area is 86.4 Å². The molecular weight excluding hydrogens is 176 g/mol. The van der Waals surface area contributed by atoms with E-state index in [1.54, 1.807) is 0 Å². The predicted molar refractivity (Wildman–Crippen MR) is 57.8 cm³/mol. The summed E-state index contributed by atoms with van der Waals surface area (Å²) in [6, 6.07) is 0.0822. The lowest BCUT2D eigenvalue weighted by atomic mass is 10.0. The lowest BCUT2D eigenvalue weighted by Gasteiger charge is -2.13. The molecule has 1 fully saturated rings. The van der Waals surface area contributed by atoms with Crippen LogP contribution in [0.15, 0.2) is 0 Å². The number of carbonyl (C=O) groups is 1. The molecule has 3 heteroatoms. The number of hydrogen-bond donors (Lipinski definition) is 2. The maximum atomic E-state index is 11.6. The van der Waals surface area contributed by atoms with Crippen molar-refractivity contribution in [3.63, 3.8) is 0 Å².